The summed E-state index contributed by atoms with van der Waals surface area (Å²) in [6, 6.07) is 15.6. The molecule has 2 aromatic carbocycles. The molecule has 0 amide bonds. The molecule has 0 bridgehead atoms. The van der Waals surface area contributed by atoms with Gasteiger partial charge in [-0.05, 0) is 36.1 Å². The predicted molar refractivity (Wildman–Crippen MR) is 82.4 cm³/mol. The van der Waals surface area contributed by atoms with Crippen LogP contribution in [0, 0.1) is 0 Å². The van der Waals surface area contributed by atoms with Gasteiger partial charge < -0.3 is 4.74 Å². The topological polar surface area (TPSA) is 26.3 Å². The number of hydrogen-bond donors (Lipinski definition) is 0. The van der Waals surface area contributed by atoms with E-state index in [2.05, 4.69) is 22.0 Å². The third-order valence-electron chi connectivity index (χ3n) is 3.68. The van der Waals surface area contributed by atoms with E-state index in [1.54, 1.807) is 0 Å². The lowest BCUT2D eigenvalue weighted by Crippen LogP contribution is -2.17. The molecule has 1 aliphatic heterocycles. The van der Waals surface area contributed by atoms with Gasteiger partial charge in [0.15, 0.2) is 5.78 Å². The number of halogens is 1. The number of rotatable bonds is 3. The fourth-order valence-electron chi connectivity index (χ4n) is 2.61. The maximum Gasteiger partial charge on any atom is 0.163 e. The van der Waals surface area contributed by atoms with Gasteiger partial charge in [-0.3, -0.25) is 4.79 Å². The SMILES string of the molecule is O=C(CC1CCOc2ccccc21)c1ccc(Br)cc1. The number of Topliss-reactive ketones (excluding diaryl/α,β-unsaturated/α-hetero) is 1. The molecule has 1 atom stereocenters. The summed E-state index contributed by atoms with van der Waals surface area (Å²) in [6.07, 6.45) is 1.45. The molecular formula is C17H15BrO2. The first kappa shape index (κ1) is 13.4. The number of hydrogen-bond acceptors (Lipinski definition) is 2. The average molecular weight is 331 g/mol. The van der Waals surface area contributed by atoms with Gasteiger partial charge in [-0.15, -0.1) is 0 Å². The highest BCUT2D eigenvalue weighted by atomic mass is 79.9. The molecule has 2 aromatic rings. The molecule has 0 saturated carbocycles. The first-order valence-electron chi connectivity index (χ1n) is 6.74. The van der Waals surface area contributed by atoms with E-state index in [-0.39, 0.29) is 11.7 Å². The zero-order valence-corrected chi connectivity index (χ0v) is 12.6. The number of ether oxygens (including phenoxy) is 1. The van der Waals surface area contributed by atoms with Crippen molar-refractivity contribution in [2.75, 3.05) is 6.61 Å². The molecule has 3 heteroatoms. The Morgan fingerprint density at radius 3 is 2.70 bits per heavy atom. The van der Waals surface area contributed by atoms with Crippen LogP contribution in [0.2, 0.25) is 0 Å². The van der Waals surface area contributed by atoms with Crippen molar-refractivity contribution in [1.82, 2.24) is 0 Å². The summed E-state index contributed by atoms with van der Waals surface area (Å²) in [5.74, 6) is 1.38. The molecule has 20 heavy (non-hydrogen) atoms. The molecule has 0 N–H and O–H groups in total. The predicted octanol–water partition coefficient (Wildman–Crippen LogP) is 4.59. The second-order valence-electron chi connectivity index (χ2n) is 5.01. The number of ketones is 1. The fourth-order valence-corrected chi connectivity index (χ4v) is 2.87. The number of fused-ring (bicyclic) bond motifs is 1. The largest absolute Gasteiger partial charge is 0.493 e. The summed E-state index contributed by atoms with van der Waals surface area (Å²) >= 11 is 3.39. The smallest absolute Gasteiger partial charge is 0.163 e. The van der Waals surface area contributed by atoms with Crippen LogP contribution in [-0.4, -0.2) is 12.4 Å². The van der Waals surface area contributed by atoms with Crippen LogP contribution >= 0.6 is 15.9 Å². The summed E-state index contributed by atoms with van der Waals surface area (Å²) in [6.45, 7) is 0.690. The molecule has 2 nitrogen and oxygen atoms in total. The first-order chi connectivity index (χ1) is 9.74. The van der Waals surface area contributed by atoms with Crippen molar-refractivity contribution in [2.24, 2.45) is 0 Å². The van der Waals surface area contributed by atoms with Crippen LogP contribution in [0.3, 0.4) is 0 Å². The van der Waals surface area contributed by atoms with Crippen molar-refractivity contribution in [3.05, 3.63) is 64.1 Å². The maximum atomic E-state index is 12.4. The molecule has 0 spiro atoms. The second kappa shape index (κ2) is 5.80. The average Bonchev–Trinajstić information content (AvgIpc) is 2.48. The van der Waals surface area contributed by atoms with E-state index in [1.165, 1.54) is 0 Å². The van der Waals surface area contributed by atoms with Gasteiger partial charge in [0.1, 0.15) is 5.75 Å². The van der Waals surface area contributed by atoms with E-state index < -0.39 is 0 Å². The summed E-state index contributed by atoms with van der Waals surface area (Å²) in [7, 11) is 0. The molecule has 102 valence electrons. The zero-order valence-electron chi connectivity index (χ0n) is 11.0. The first-order valence-corrected chi connectivity index (χ1v) is 7.54. The lowest BCUT2D eigenvalue weighted by Gasteiger charge is -2.25. The minimum absolute atomic E-state index is 0.194. The Morgan fingerprint density at radius 1 is 1.15 bits per heavy atom. The van der Waals surface area contributed by atoms with Gasteiger partial charge in [0.2, 0.25) is 0 Å². The third kappa shape index (κ3) is 2.78. The minimum atomic E-state index is 0.194. The van der Waals surface area contributed by atoms with Crippen LogP contribution in [0.25, 0.3) is 0 Å². The molecule has 0 fully saturated rings. The molecule has 1 unspecified atom stereocenters. The Labute approximate surface area is 126 Å². The highest BCUT2D eigenvalue weighted by molar-refractivity contribution is 9.10. The van der Waals surface area contributed by atoms with Crippen molar-refractivity contribution in [2.45, 2.75) is 18.8 Å². The van der Waals surface area contributed by atoms with Crippen LogP contribution in [0.5, 0.6) is 5.75 Å². The van der Waals surface area contributed by atoms with Crippen LogP contribution < -0.4 is 4.74 Å². The number of carbonyl (C=O) groups excluding carboxylic acids is 1. The molecule has 0 aromatic heterocycles. The van der Waals surface area contributed by atoms with E-state index in [0.29, 0.717) is 13.0 Å². The van der Waals surface area contributed by atoms with Crippen molar-refractivity contribution < 1.29 is 9.53 Å². The highest BCUT2D eigenvalue weighted by Crippen LogP contribution is 2.36. The van der Waals surface area contributed by atoms with Crippen LogP contribution in [0.1, 0.15) is 34.7 Å². The van der Waals surface area contributed by atoms with Crippen molar-refractivity contribution in [1.29, 1.82) is 0 Å². The quantitative estimate of drug-likeness (QED) is 0.769. The highest BCUT2D eigenvalue weighted by Gasteiger charge is 2.23. The Kier molecular flexibility index (Phi) is 3.88. The summed E-state index contributed by atoms with van der Waals surface area (Å²) < 4.78 is 6.63. The Hall–Kier alpha value is -1.61. The van der Waals surface area contributed by atoms with Gasteiger partial charge in [0.25, 0.3) is 0 Å². The van der Waals surface area contributed by atoms with E-state index in [9.17, 15) is 4.79 Å². The van der Waals surface area contributed by atoms with E-state index in [0.717, 1.165) is 27.8 Å². The Bertz CT molecular complexity index is 619. The van der Waals surface area contributed by atoms with Crippen molar-refractivity contribution >= 4 is 21.7 Å². The van der Waals surface area contributed by atoms with E-state index in [4.69, 9.17) is 4.74 Å². The molecule has 3 rings (SSSR count). The fraction of sp³-hybridized carbons (Fsp3) is 0.235. The molecular weight excluding hydrogens is 316 g/mol. The monoisotopic (exact) mass is 330 g/mol. The summed E-state index contributed by atoms with van der Waals surface area (Å²) in [5.41, 5.74) is 1.93. The van der Waals surface area contributed by atoms with E-state index >= 15 is 0 Å². The second-order valence-corrected chi connectivity index (χ2v) is 5.92. The molecule has 1 aliphatic rings. The Morgan fingerprint density at radius 2 is 1.90 bits per heavy atom. The molecule has 0 saturated heterocycles. The lowest BCUT2D eigenvalue weighted by molar-refractivity contribution is 0.0966. The lowest BCUT2D eigenvalue weighted by atomic mass is 9.87. The zero-order chi connectivity index (χ0) is 13.9. The summed E-state index contributed by atoms with van der Waals surface area (Å²) in [4.78, 5) is 12.4. The number of carbonyl (C=O) groups is 1. The van der Waals surface area contributed by atoms with Gasteiger partial charge in [-0.1, -0.05) is 46.3 Å². The van der Waals surface area contributed by atoms with Gasteiger partial charge in [0.05, 0.1) is 6.61 Å². The molecule has 0 aliphatic carbocycles. The van der Waals surface area contributed by atoms with Gasteiger partial charge in [0, 0.05) is 16.5 Å². The maximum absolute atomic E-state index is 12.4. The third-order valence-corrected chi connectivity index (χ3v) is 4.21. The van der Waals surface area contributed by atoms with Crippen molar-refractivity contribution in [3.63, 3.8) is 0 Å². The van der Waals surface area contributed by atoms with E-state index in [1.807, 2.05) is 42.5 Å². The number of benzene rings is 2. The summed E-state index contributed by atoms with van der Waals surface area (Å²) in [5, 5.41) is 0. The van der Waals surface area contributed by atoms with Crippen LogP contribution in [0.4, 0.5) is 0 Å². The Balaban J connectivity index is 1.79. The minimum Gasteiger partial charge on any atom is -0.493 e. The molecule has 1 heterocycles. The van der Waals surface area contributed by atoms with Crippen LogP contribution in [-0.2, 0) is 0 Å². The normalized spacial score (nSPS) is 17.1. The van der Waals surface area contributed by atoms with Gasteiger partial charge in [-0.2, -0.15) is 0 Å². The number of para-hydroxylation sites is 1. The van der Waals surface area contributed by atoms with Gasteiger partial charge in [-0.25, -0.2) is 0 Å². The van der Waals surface area contributed by atoms with Crippen molar-refractivity contribution in [3.8, 4) is 5.75 Å². The molecule has 0 radical (unpaired) electrons. The van der Waals surface area contributed by atoms with Crippen LogP contribution in [0.15, 0.2) is 53.0 Å². The van der Waals surface area contributed by atoms with Gasteiger partial charge >= 0.3 is 0 Å². The standard InChI is InChI=1S/C17H15BrO2/c18-14-7-5-12(6-8-14)16(19)11-13-9-10-20-17-4-2-1-3-15(13)17/h1-8,13H,9-11H2.